The summed E-state index contributed by atoms with van der Waals surface area (Å²) in [5, 5.41) is 20.4. The number of methoxy groups -OCH3 is 2. The van der Waals surface area contributed by atoms with Gasteiger partial charge in [0.1, 0.15) is 11.5 Å². The van der Waals surface area contributed by atoms with E-state index in [-0.39, 0.29) is 11.5 Å². The fourth-order valence-corrected chi connectivity index (χ4v) is 1.64. The molecule has 0 aliphatic rings. The monoisotopic (exact) mass is 220 g/mol. The van der Waals surface area contributed by atoms with Crippen molar-refractivity contribution in [2.75, 3.05) is 14.2 Å². The lowest BCUT2D eigenvalue weighted by molar-refractivity contribution is 0.355. The van der Waals surface area contributed by atoms with Gasteiger partial charge in [0.15, 0.2) is 11.5 Å². The van der Waals surface area contributed by atoms with Gasteiger partial charge in [-0.2, -0.15) is 0 Å². The van der Waals surface area contributed by atoms with E-state index in [1.807, 2.05) is 0 Å². The van der Waals surface area contributed by atoms with Gasteiger partial charge in [-0.05, 0) is 24.3 Å². The van der Waals surface area contributed by atoms with Gasteiger partial charge in [-0.15, -0.1) is 0 Å². The zero-order valence-corrected chi connectivity index (χ0v) is 9.02. The molecule has 0 atom stereocenters. The lowest BCUT2D eigenvalue weighted by Gasteiger charge is -2.10. The Kier molecular flexibility index (Phi) is 2.48. The molecule has 0 aromatic heterocycles. The van der Waals surface area contributed by atoms with E-state index in [4.69, 9.17) is 9.47 Å². The molecular formula is C12H12O4. The number of hydrogen-bond donors (Lipinski definition) is 2. The van der Waals surface area contributed by atoms with Crippen molar-refractivity contribution >= 4 is 10.8 Å². The first-order valence-corrected chi connectivity index (χ1v) is 4.74. The second kappa shape index (κ2) is 3.81. The number of ether oxygens (including phenoxy) is 2. The van der Waals surface area contributed by atoms with E-state index < -0.39 is 0 Å². The molecule has 0 amide bonds. The molecule has 2 aromatic rings. The van der Waals surface area contributed by atoms with E-state index in [0.717, 1.165) is 0 Å². The number of aromatic hydroxyl groups is 2. The third-order valence-corrected chi connectivity index (χ3v) is 2.47. The van der Waals surface area contributed by atoms with Crippen molar-refractivity contribution in [2.45, 2.75) is 0 Å². The predicted octanol–water partition coefficient (Wildman–Crippen LogP) is 2.27. The molecule has 0 spiro atoms. The standard InChI is InChI=1S/C12H12O4/c1-15-11-5-7-8(6-12(11)16-2)10(14)4-3-9(7)13/h3-6,13-14H,1-2H3. The zero-order valence-electron chi connectivity index (χ0n) is 9.02. The van der Waals surface area contributed by atoms with Crippen molar-refractivity contribution < 1.29 is 19.7 Å². The maximum atomic E-state index is 9.67. The van der Waals surface area contributed by atoms with Crippen LogP contribution in [-0.2, 0) is 0 Å². The number of benzene rings is 2. The molecule has 0 bridgehead atoms. The number of hydrogen-bond acceptors (Lipinski definition) is 4. The SMILES string of the molecule is COc1cc2c(O)ccc(O)c2cc1OC. The Labute approximate surface area is 92.7 Å². The second-order valence-corrected chi connectivity index (χ2v) is 3.36. The molecule has 2 rings (SSSR count). The summed E-state index contributed by atoms with van der Waals surface area (Å²) in [7, 11) is 3.03. The quantitative estimate of drug-likeness (QED) is 0.762. The molecule has 0 saturated carbocycles. The highest BCUT2D eigenvalue weighted by molar-refractivity contribution is 5.95. The van der Waals surface area contributed by atoms with Crippen LogP contribution in [0.1, 0.15) is 0 Å². The van der Waals surface area contributed by atoms with Gasteiger partial charge < -0.3 is 19.7 Å². The molecule has 2 aromatic carbocycles. The average molecular weight is 220 g/mol. The summed E-state index contributed by atoms with van der Waals surface area (Å²) in [6.07, 6.45) is 0. The van der Waals surface area contributed by atoms with Crippen molar-refractivity contribution in [3.05, 3.63) is 24.3 Å². The van der Waals surface area contributed by atoms with Crippen molar-refractivity contribution in [3.8, 4) is 23.0 Å². The predicted molar refractivity (Wildman–Crippen MR) is 60.4 cm³/mol. The number of phenolic OH excluding ortho intramolecular Hbond substituents is 2. The van der Waals surface area contributed by atoms with Gasteiger partial charge >= 0.3 is 0 Å². The van der Waals surface area contributed by atoms with Crippen LogP contribution in [0.5, 0.6) is 23.0 Å². The topological polar surface area (TPSA) is 58.9 Å². The van der Waals surface area contributed by atoms with E-state index in [2.05, 4.69) is 0 Å². The highest BCUT2D eigenvalue weighted by atomic mass is 16.5. The first kappa shape index (κ1) is 10.4. The summed E-state index contributed by atoms with van der Waals surface area (Å²) < 4.78 is 10.2. The third kappa shape index (κ3) is 1.48. The summed E-state index contributed by atoms with van der Waals surface area (Å²) >= 11 is 0. The van der Waals surface area contributed by atoms with Crippen molar-refractivity contribution in [2.24, 2.45) is 0 Å². The average Bonchev–Trinajstić information content (AvgIpc) is 2.32. The number of phenols is 2. The molecule has 4 heteroatoms. The minimum atomic E-state index is 0.0914. The fraction of sp³-hybridized carbons (Fsp3) is 0.167. The van der Waals surface area contributed by atoms with E-state index in [1.165, 1.54) is 26.4 Å². The first-order chi connectivity index (χ1) is 7.67. The molecule has 0 unspecified atom stereocenters. The molecule has 4 nitrogen and oxygen atoms in total. The highest BCUT2D eigenvalue weighted by Gasteiger charge is 2.11. The Bertz CT molecular complexity index is 486. The molecule has 0 aliphatic carbocycles. The smallest absolute Gasteiger partial charge is 0.161 e. The molecular weight excluding hydrogens is 208 g/mol. The minimum Gasteiger partial charge on any atom is -0.507 e. The van der Waals surface area contributed by atoms with Gasteiger partial charge in [-0.3, -0.25) is 0 Å². The van der Waals surface area contributed by atoms with Crippen molar-refractivity contribution in [1.82, 2.24) is 0 Å². The Morgan fingerprint density at radius 3 is 1.50 bits per heavy atom. The summed E-state index contributed by atoms with van der Waals surface area (Å²) in [5.74, 6) is 1.20. The molecule has 84 valence electrons. The largest absolute Gasteiger partial charge is 0.507 e. The Morgan fingerprint density at radius 2 is 1.19 bits per heavy atom. The van der Waals surface area contributed by atoms with Crippen LogP contribution < -0.4 is 9.47 Å². The third-order valence-electron chi connectivity index (χ3n) is 2.47. The normalized spacial score (nSPS) is 10.4. The van der Waals surface area contributed by atoms with Gasteiger partial charge in [0, 0.05) is 10.8 Å². The van der Waals surface area contributed by atoms with Crippen LogP contribution in [0.4, 0.5) is 0 Å². The van der Waals surface area contributed by atoms with Gasteiger partial charge in [0.2, 0.25) is 0 Å². The van der Waals surface area contributed by atoms with Gasteiger partial charge in [0.25, 0.3) is 0 Å². The van der Waals surface area contributed by atoms with Gasteiger partial charge in [-0.25, -0.2) is 0 Å². The van der Waals surface area contributed by atoms with Crippen LogP contribution in [-0.4, -0.2) is 24.4 Å². The Morgan fingerprint density at radius 1 is 0.812 bits per heavy atom. The fourth-order valence-electron chi connectivity index (χ4n) is 1.64. The minimum absolute atomic E-state index is 0.0914. The summed E-state index contributed by atoms with van der Waals surface area (Å²) in [5.41, 5.74) is 0. The van der Waals surface area contributed by atoms with Crippen LogP contribution >= 0.6 is 0 Å². The van der Waals surface area contributed by atoms with E-state index in [9.17, 15) is 10.2 Å². The van der Waals surface area contributed by atoms with E-state index in [0.29, 0.717) is 22.3 Å². The lowest BCUT2D eigenvalue weighted by atomic mass is 10.1. The lowest BCUT2D eigenvalue weighted by Crippen LogP contribution is -1.90. The van der Waals surface area contributed by atoms with E-state index in [1.54, 1.807) is 12.1 Å². The molecule has 0 aliphatic heterocycles. The zero-order chi connectivity index (χ0) is 11.7. The van der Waals surface area contributed by atoms with Crippen LogP contribution in [0.25, 0.3) is 10.8 Å². The maximum absolute atomic E-state index is 9.67. The van der Waals surface area contributed by atoms with Crippen LogP contribution in [0.15, 0.2) is 24.3 Å². The maximum Gasteiger partial charge on any atom is 0.161 e. The molecule has 0 heterocycles. The Hall–Kier alpha value is -2.10. The summed E-state index contributed by atoms with van der Waals surface area (Å²) in [6.45, 7) is 0. The summed E-state index contributed by atoms with van der Waals surface area (Å²) in [6, 6.07) is 6.12. The van der Waals surface area contributed by atoms with E-state index >= 15 is 0 Å². The van der Waals surface area contributed by atoms with Crippen LogP contribution in [0, 0.1) is 0 Å². The molecule has 0 fully saturated rings. The molecule has 0 radical (unpaired) electrons. The van der Waals surface area contributed by atoms with Gasteiger partial charge in [-0.1, -0.05) is 0 Å². The van der Waals surface area contributed by atoms with Crippen molar-refractivity contribution in [3.63, 3.8) is 0 Å². The van der Waals surface area contributed by atoms with Crippen molar-refractivity contribution in [1.29, 1.82) is 0 Å². The number of rotatable bonds is 2. The Balaban J connectivity index is 2.82. The number of fused-ring (bicyclic) bond motifs is 1. The van der Waals surface area contributed by atoms with Crippen LogP contribution in [0.2, 0.25) is 0 Å². The molecule has 2 N–H and O–H groups in total. The molecule has 16 heavy (non-hydrogen) atoms. The van der Waals surface area contributed by atoms with Gasteiger partial charge in [0.05, 0.1) is 14.2 Å². The van der Waals surface area contributed by atoms with Crippen LogP contribution in [0.3, 0.4) is 0 Å². The highest BCUT2D eigenvalue weighted by Crippen LogP contribution is 2.39. The summed E-state index contributed by atoms with van der Waals surface area (Å²) in [4.78, 5) is 0. The second-order valence-electron chi connectivity index (χ2n) is 3.36. The first-order valence-electron chi connectivity index (χ1n) is 4.74. The molecule has 0 saturated heterocycles.